The Labute approximate surface area is 174 Å². The van der Waals surface area contributed by atoms with Crippen molar-refractivity contribution in [2.24, 2.45) is 0 Å². The molecule has 0 radical (unpaired) electrons. The third-order valence-corrected chi connectivity index (χ3v) is 4.71. The Balaban J connectivity index is 2.10. The molecule has 8 nitrogen and oxygen atoms in total. The Bertz CT molecular complexity index is 1050. The lowest BCUT2D eigenvalue weighted by Crippen LogP contribution is -2.37. The highest BCUT2D eigenvalue weighted by Crippen LogP contribution is 2.21. The molecule has 0 aliphatic rings. The molecular weight excluding hydrogens is 386 g/mol. The Hall–Kier alpha value is -3.23. The zero-order valence-electron chi connectivity index (χ0n) is 16.9. The second-order valence-electron chi connectivity index (χ2n) is 6.74. The summed E-state index contributed by atoms with van der Waals surface area (Å²) < 4.78 is 11.8. The third-order valence-electron chi connectivity index (χ3n) is 4.71. The zero-order chi connectivity index (χ0) is 21.5. The topological polar surface area (TPSA) is 103 Å². The van der Waals surface area contributed by atoms with Crippen LogP contribution < -0.4 is 11.0 Å². The zero-order valence-corrected chi connectivity index (χ0v) is 16.9. The molecular formula is C22H25N3O5. The number of para-hydroxylation sites is 1. The molecule has 2 N–H and O–H groups in total. The average Bonchev–Trinajstić information content (AvgIpc) is 2.78. The largest absolute Gasteiger partial charge is 0.469 e. The number of carbonyl (C=O) groups excluding carboxylic acids is 1. The molecule has 0 amide bonds. The van der Waals surface area contributed by atoms with E-state index in [1.54, 1.807) is 31.2 Å². The van der Waals surface area contributed by atoms with Gasteiger partial charge in [0.05, 0.1) is 43.7 Å². The Kier molecular flexibility index (Phi) is 7.16. The third kappa shape index (κ3) is 4.84. The molecule has 0 spiro atoms. The first kappa shape index (κ1) is 21.5. The maximum atomic E-state index is 13.3. The fourth-order valence-corrected chi connectivity index (χ4v) is 3.18. The summed E-state index contributed by atoms with van der Waals surface area (Å²) >= 11 is 0. The molecule has 1 heterocycles. The molecule has 0 saturated heterocycles. The van der Waals surface area contributed by atoms with Crippen LogP contribution in [0.1, 0.15) is 36.9 Å². The second kappa shape index (κ2) is 10.00. The van der Waals surface area contributed by atoms with Crippen LogP contribution in [0.4, 0.5) is 0 Å². The van der Waals surface area contributed by atoms with E-state index in [4.69, 9.17) is 14.6 Å². The number of hydrogen-bond acceptors (Lipinski definition) is 7. The monoisotopic (exact) mass is 411 g/mol. The molecule has 0 bridgehead atoms. The number of methoxy groups -OCH3 is 1. The number of aromatic nitrogens is 2. The number of benzene rings is 2. The van der Waals surface area contributed by atoms with Crippen LogP contribution in [0.5, 0.6) is 0 Å². The van der Waals surface area contributed by atoms with Gasteiger partial charge < -0.3 is 20.0 Å². The summed E-state index contributed by atoms with van der Waals surface area (Å²) in [4.78, 5) is 29.9. The molecule has 158 valence electrons. The number of ether oxygens (including phenoxy) is 2. The van der Waals surface area contributed by atoms with Crippen molar-refractivity contribution in [2.75, 3.05) is 25.7 Å². The average molecular weight is 411 g/mol. The smallest absolute Gasteiger partial charge is 0.308 e. The van der Waals surface area contributed by atoms with Crippen molar-refractivity contribution in [3.63, 3.8) is 0 Å². The summed E-state index contributed by atoms with van der Waals surface area (Å²) in [6.07, 6.45) is -0.554. The maximum absolute atomic E-state index is 13.3. The first-order chi connectivity index (χ1) is 14.5. The highest BCUT2D eigenvalue weighted by Gasteiger charge is 2.22. The summed E-state index contributed by atoms with van der Waals surface area (Å²) in [5, 5.41) is 9.54. The molecule has 2 aromatic carbocycles. The van der Waals surface area contributed by atoms with Gasteiger partial charge in [-0.25, -0.2) is 9.66 Å². The highest BCUT2D eigenvalue weighted by atomic mass is 16.5. The molecule has 3 aromatic rings. The Morgan fingerprint density at radius 1 is 1.17 bits per heavy atom. The summed E-state index contributed by atoms with van der Waals surface area (Å²) in [7, 11) is 1.32. The van der Waals surface area contributed by atoms with Gasteiger partial charge in [0.25, 0.3) is 5.56 Å². The van der Waals surface area contributed by atoms with E-state index in [2.05, 4.69) is 10.4 Å². The van der Waals surface area contributed by atoms with Gasteiger partial charge in [0.15, 0.2) is 5.82 Å². The van der Waals surface area contributed by atoms with Crippen LogP contribution in [0.15, 0.2) is 59.4 Å². The van der Waals surface area contributed by atoms with Gasteiger partial charge in [-0.2, -0.15) is 0 Å². The van der Waals surface area contributed by atoms with Crippen molar-refractivity contribution in [1.82, 2.24) is 9.66 Å². The molecule has 0 aliphatic heterocycles. The van der Waals surface area contributed by atoms with Gasteiger partial charge in [-0.3, -0.25) is 9.59 Å². The number of aliphatic hydroxyl groups excluding tert-OH is 1. The van der Waals surface area contributed by atoms with Crippen LogP contribution >= 0.6 is 0 Å². The fraction of sp³-hybridized carbons (Fsp3) is 0.318. The van der Waals surface area contributed by atoms with Gasteiger partial charge in [-0.15, -0.1) is 0 Å². The molecule has 0 fully saturated rings. The minimum absolute atomic E-state index is 0.0189. The lowest BCUT2D eigenvalue weighted by Gasteiger charge is -2.25. The van der Waals surface area contributed by atoms with E-state index in [9.17, 15) is 9.59 Å². The number of rotatable bonds is 9. The minimum atomic E-state index is -0.573. The molecule has 8 heteroatoms. The summed E-state index contributed by atoms with van der Waals surface area (Å²) in [6, 6.07) is 15.8. The van der Waals surface area contributed by atoms with Gasteiger partial charge in [0, 0.05) is 0 Å². The first-order valence-corrected chi connectivity index (χ1v) is 9.67. The van der Waals surface area contributed by atoms with Crippen molar-refractivity contribution < 1.29 is 19.4 Å². The van der Waals surface area contributed by atoms with Crippen molar-refractivity contribution in [1.29, 1.82) is 0 Å². The normalized spacial score (nSPS) is 13.0. The molecule has 0 saturated carbocycles. The van der Waals surface area contributed by atoms with E-state index in [-0.39, 0.29) is 25.2 Å². The standard InChI is InChI=1S/C22H25N3O5/c1-15(30-13-12-26)21-23-18-11-7-6-10-17(18)22(28)25(21)24-19(14-20(27)29-2)16-8-4-3-5-9-16/h3-11,15,19,24,26H,12-14H2,1-2H3/t15-,19-/m1/s1. The summed E-state index contributed by atoms with van der Waals surface area (Å²) in [6.45, 7) is 1.71. The predicted molar refractivity (Wildman–Crippen MR) is 113 cm³/mol. The van der Waals surface area contributed by atoms with Gasteiger partial charge in [-0.1, -0.05) is 42.5 Å². The van der Waals surface area contributed by atoms with E-state index in [0.29, 0.717) is 16.7 Å². The minimum Gasteiger partial charge on any atom is -0.469 e. The maximum Gasteiger partial charge on any atom is 0.308 e. The lowest BCUT2D eigenvalue weighted by molar-refractivity contribution is -0.141. The number of fused-ring (bicyclic) bond motifs is 1. The molecule has 0 aliphatic carbocycles. The van der Waals surface area contributed by atoms with Crippen molar-refractivity contribution >= 4 is 16.9 Å². The number of aliphatic hydroxyl groups is 1. The number of nitrogens with one attached hydrogen (secondary N) is 1. The number of carbonyl (C=O) groups is 1. The van der Waals surface area contributed by atoms with Crippen LogP contribution in [-0.2, 0) is 14.3 Å². The fourth-order valence-electron chi connectivity index (χ4n) is 3.18. The lowest BCUT2D eigenvalue weighted by atomic mass is 10.0. The number of nitrogens with zero attached hydrogens (tertiary/aromatic N) is 2. The van der Waals surface area contributed by atoms with Crippen LogP contribution in [0.3, 0.4) is 0 Å². The van der Waals surface area contributed by atoms with E-state index >= 15 is 0 Å². The predicted octanol–water partition coefficient (Wildman–Crippen LogP) is 2.31. The quantitative estimate of drug-likeness (QED) is 0.521. The highest BCUT2D eigenvalue weighted by molar-refractivity contribution is 5.77. The van der Waals surface area contributed by atoms with Crippen LogP contribution in [0.2, 0.25) is 0 Å². The molecule has 30 heavy (non-hydrogen) atoms. The van der Waals surface area contributed by atoms with E-state index in [0.717, 1.165) is 5.56 Å². The van der Waals surface area contributed by atoms with Gasteiger partial charge >= 0.3 is 5.97 Å². The van der Waals surface area contributed by atoms with Crippen molar-refractivity contribution in [2.45, 2.75) is 25.5 Å². The van der Waals surface area contributed by atoms with Gasteiger partial charge in [0.2, 0.25) is 0 Å². The van der Waals surface area contributed by atoms with E-state index in [1.165, 1.54) is 11.8 Å². The van der Waals surface area contributed by atoms with Gasteiger partial charge in [0.1, 0.15) is 6.10 Å². The molecule has 3 rings (SSSR count). The van der Waals surface area contributed by atoms with Crippen LogP contribution in [0.25, 0.3) is 10.9 Å². The SMILES string of the molecule is COC(=O)C[C@@H](Nn1c([C@@H](C)OCCO)nc2ccccc2c1=O)c1ccccc1. The van der Waals surface area contributed by atoms with E-state index in [1.807, 2.05) is 30.3 Å². The summed E-state index contributed by atoms with van der Waals surface area (Å²) in [5.41, 5.74) is 4.20. The van der Waals surface area contributed by atoms with Crippen molar-refractivity contribution in [3.8, 4) is 0 Å². The first-order valence-electron chi connectivity index (χ1n) is 9.67. The number of hydrogen-bond donors (Lipinski definition) is 2. The van der Waals surface area contributed by atoms with Crippen molar-refractivity contribution in [3.05, 3.63) is 76.3 Å². The Morgan fingerprint density at radius 3 is 2.57 bits per heavy atom. The van der Waals surface area contributed by atoms with Crippen LogP contribution in [0, 0.1) is 0 Å². The molecule has 2 atom stereocenters. The van der Waals surface area contributed by atoms with Crippen LogP contribution in [-0.4, -0.2) is 41.1 Å². The van der Waals surface area contributed by atoms with E-state index < -0.39 is 18.1 Å². The number of esters is 1. The summed E-state index contributed by atoms with van der Waals surface area (Å²) in [5.74, 6) is -0.0674. The second-order valence-corrected chi connectivity index (χ2v) is 6.74. The van der Waals surface area contributed by atoms with Gasteiger partial charge in [-0.05, 0) is 24.6 Å². The Morgan fingerprint density at radius 2 is 1.87 bits per heavy atom. The molecule has 1 aromatic heterocycles. The molecule has 0 unspecified atom stereocenters.